The number of amides is 1. The average Bonchev–Trinajstić information content (AvgIpc) is 3.72. The number of rotatable bonds is 6. The highest BCUT2D eigenvalue weighted by Crippen LogP contribution is 2.41. The minimum Gasteiger partial charge on any atom is -0.492 e. The van der Waals surface area contributed by atoms with Gasteiger partial charge < -0.3 is 18.8 Å². The Labute approximate surface area is 213 Å². The van der Waals surface area contributed by atoms with Gasteiger partial charge in [-0.1, -0.05) is 23.5 Å². The van der Waals surface area contributed by atoms with Crippen LogP contribution in [0.3, 0.4) is 0 Å². The van der Waals surface area contributed by atoms with Gasteiger partial charge >= 0.3 is 0 Å². The molecule has 1 N–H and O–H groups in total. The van der Waals surface area contributed by atoms with E-state index in [2.05, 4.69) is 15.0 Å². The maximum atomic E-state index is 12.7. The predicted octanol–water partition coefficient (Wildman–Crippen LogP) is 3.81. The first-order valence-electron chi connectivity index (χ1n) is 11.4. The SMILES string of the molecule is O=C(c1ccco1)N1CCN([C@H](c2ccc([N+](=O)[O-])cc2)c2sc3nc(-c4ccco4)nn3c2O)CC1. The van der Waals surface area contributed by atoms with Crippen molar-refractivity contribution in [2.24, 2.45) is 0 Å². The van der Waals surface area contributed by atoms with E-state index in [9.17, 15) is 20.0 Å². The standard InChI is InChI=1S/C24H20N6O6S/c31-22(18-4-2-14-36-18)28-11-9-27(10-12-28)19(15-5-7-16(8-6-15)30(33)34)20-23(32)29-24(37-20)25-21(26-29)17-3-1-13-35-17/h1-8,13-14,19,32H,9-12H2/t19-/m1/s1. The van der Waals surface area contributed by atoms with Crippen LogP contribution in [-0.2, 0) is 0 Å². The highest BCUT2D eigenvalue weighted by atomic mass is 32.1. The number of nitro benzene ring substituents is 1. The van der Waals surface area contributed by atoms with Crippen molar-refractivity contribution in [2.75, 3.05) is 26.2 Å². The van der Waals surface area contributed by atoms with Crippen LogP contribution in [0, 0.1) is 10.1 Å². The molecule has 0 aliphatic carbocycles. The molecular formula is C24H20N6O6S. The number of fused-ring (bicyclic) bond motifs is 1. The molecule has 12 nitrogen and oxygen atoms in total. The Kier molecular flexibility index (Phi) is 5.70. The molecule has 1 fully saturated rings. The van der Waals surface area contributed by atoms with Crippen molar-refractivity contribution in [2.45, 2.75) is 6.04 Å². The molecule has 0 saturated carbocycles. The molecule has 1 aliphatic heterocycles. The number of nitrogens with zero attached hydrogens (tertiary/aromatic N) is 6. The van der Waals surface area contributed by atoms with E-state index >= 15 is 0 Å². The summed E-state index contributed by atoms with van der Waals surface area (Å²) in [6.07, 6.45) is 2.99. The molecular weight excluding hydrogens is 500 g/mol. The fourth-order valence-electron chi connectivity index (χ4n) is 4.48. The van der Waals surface area contributed by atoms with Crippen LogP contribution >= 0.6 is 11.3 Å². The molecule has 0 radical (unpaired) electrons. The van der Waals surface area contributed by atoms with E-state index in [1.54, 1.807) is 41.3 Å². The molecule has 13 heteroatoms. The van der Waals surface area contributed by atoms with E-state index in [0.29, 0.717) is 47.6 Å². The number of piperazine rings is 1. The Hall–Kier alpha value is -4.49. The molecule has 1 aromatic carbocycles. The van der Waals surface area contributed by atoms with Crippen LogP contribution in [0.2, 0.25) is 0 Å². The number of hydrogen-bond donors (Lipinski definition) is 1. The number of nitro groups is 1. The van der Waals surface area contributed by atoms with Gasteiger partial charge in [-0.25, -0.2) is 0 Å². The van der Waals surface area contributed by atoms with Crippen molar-refractivity contribution < 1.29 is 23.7 Å². The molecule has 1 aliphatic rings. The Bertz CT molecular complexity index is 1550. The number of benzene rings is 1. The van der Waals surface area contributed by atoms with Crippen LogP contribution in [0.5, 0.6) is 5.88 Å². The smallest absolute Gasteiger partial charge is 0.289 e. The second-order valence-corrected chi connectivity index (χ2v) is 9.46. The lowest BCUT2D eigenvalue weighted by atomic mass is 10.0. The van der Waals surface area contributed by atoms with Crippen LogP contribution in [-0.4, -0.2) is 66.5 Å². The van der Waals surface area contributed by atoms with Crippen LogP contribution in [0.4, 0.5) is 5.69 Å². The second-order valence-electron chi connectivity index (χ2n) is 8.45. The topological polar surface area (TPSA) is 143 Å². The lowest BCUT2D eigenvalue weighted by molar-refractivity contribution is -0.384. The van der Waals surface area contributed by atoms with Crippen LogP contribution in [0.1, 0.15) is 27.0 Å². The quantitative estimate of drug-likeness (QED) is 0.261. The summed E-state index contributed by atoms with van der Waals surface area (Å²) in [5, 5.41) is 26.8. The zero-order chi connectivity index (χ0) is 25.5. The summed E-state index contributed by atoms with van der Waals surface area (Å²) < 4.78 is 12.0. The van der Waals surface area contributed by atoms with Gasteiger partial charge in [0.2, 0.25) is 16.7 Å². The first kappa shape index (κ1) is 22.9. The van der Waals surface area contributed by atoms with Gasteiger partial charge in [0.25, 0.3) is 11.6 Å². The second kappa shape index (κ2) is 9.19. The fourth-order valence-corrected chi connectivity index (χ4v) is 5.60. The summed E-state index contributed by atoms with van der Waals surface area (Å²) in [5.41, 5.74) is 0.744. The third-order valence-electron chi connectivity index (χ3n) is 6.31. The Morgan fingerprint density at radius 3 is 2.41 bits per heavy atom. The Balaban J connectivity index is 1.33. The normalized spacial score (nSPS) is 15.3. The number of thiazole rings is 1. The van der Waals surface area contributed by atoms with E-state index in [0.717, 1.165) is 5.56 Å². The summed E-state index contributed by atoms with van der Waals surface area (Å²) in [7, 11) is 0. The van der Waals surface area contributed by atoms with Crippen LogP contribution < -0.4 is 0 Å². The van der Waals surface area contributed by atoms with Crippen molar-refractivity contribution in [1.29, 1.82) is 0 Å². The molecule has 5 aromatic rings. The minimum absolute atomic E-state index is 0.0219. The van der Waals surface area contributed by atoms with Gasteiger partial charge in [-0.15, -0.1) is 5.10 Å². The molecule has 0 unspecified atom stereocenters. The van der Waals surface area contributed by atoms with Crippen LogP contribution in [0.25, 0.3) is 16.5 Å². The number of carbonyl (C=O) groups is 1. The Morgan fingerprint density at radius 1 is 1.05 bits per heavy atom. The molecule has 1 saturated heterocycles. The Morgan fingerprint density at radius 2 is 1.78 bits per heavy atom. The van der Waals surface area contributed by atoms with Gasteiger partial charge in [0, 0.05) is 38.3 Å². The maximum absolute atomic E-state index is 12.7. The maximum Gasteiger partial charge on any atom is 0.289 e. The van der Waals surface area contributed by atoms with Crippen molar-refractivity contribution in [3.05, 3.63) is 87.4 Å². The molecule has 4 aromatic heterocycles. The predicted molar refractivity (Wildman–Crippen MR) is 131 cm³/mol. The third-order valence-corrected chi connectivity index (χ3v) is 7.38. The van der Waals surface area contributed by atoms with Gasteiger partial charge in [0.05, 0.1) is 28.4 Å². The molecule has 1 amide bonds. The molecule has 188 valence electrons. The monoisotopic (exact) mass is 520 g/mol. The highest BCUT2D eigenvalue weighted by Gasteiger charge is 2.33. The minimum atomic E-state index is -0.450. The van der Waals surface area contributed by atoms with Gasteiger partial charge in [-0.2, -0.15) is 9.50 Å². The van der Waals surface area contributed by atoms with Crippen LogP contribution in [0.15, 0.2) is 69.9 Å². The summed E-state index contributed by atoms with van der Waals surface area (Å²) in [6, 6.07) is 12.6. The van der Waals surface area contributed by atoms with E-state index in [4.69, 9.17) is 8.83 Å². The largest absolute Gasteiger partial charge is 0.492 e. The van der Waals surface area contributed by atoms with Gasteiger partial charge in [0.15, 0.2) is 11.5 Å². The molecule has 0 bridgehead atoms. The molecule has 0 spiro atoms. The third kappa shape index (κ3) is 4.13. The molecule has 5 heterocycles. The number of aromatic nitrogens is 3. The first-order chi connectivity index (χ1) is 18.0. The van der Waals surface area contributed by atoms with Gasteiger partial charge in [0.1, 0.15) is 0 Å². The van der Waals surface area contributed by atoms with Crippen molar-refractivity contribution in [1.82, 2.24) is 24.4 Å². The zero-order valence-electron chi connectivity index (χ0n) is 19.3. The lowest BCUT2D eigenvalue weighted by Crippen LogP contribution is -2.49. The first-order valence-corrected chi connectivity index (χ1v) is 12.2. The molecule has 1 atom stereocenters. The molecule has 37 heavy (non-hydrogen) atoms. The number of hydrogen-bond acceptors (Lipinski definition) is 10. The highest BCUT2D eigenvalue weighted by molar-refractivity contribution is 7.17. The van der Waals surface area contributed by atoms with E-state index < -0.39 is 11.0 Å². The summed E-state index contributed by atoms with van der Waals surface area (Å²) in [4.78, 5) is 32.9. The lowest BCUT2D eigenvalue weighted by Gasteiger charge is -2.38. The summed E-state index contributed by atoms with van der Waals surface area (Å²) >= 11 is 1.28. The number of aromatic hydroxyl groups is 1. The number of carbonyl (C=O) groups excluding carboxylic acids is 1. The number of non-ortho nitro benzene ring substituents is 1. The van der Waals surface area contributed by atoms with Crippen molar-refractivity contribution >= 4 is 27.9 Å². The van der Waals surface area contributed by atoms with E-state index in [1.807, 2.05) is 0 Å². The summed E-state index contributed by atoms with van der Waals surface area (Å²) in [6.45, 7) is 1.93. The average molecular weight is 521 g/mol. The number of furan rings is 2. The zero-order valence-corrected chi connectivity index (χ0v) is 20.1. The van der Waals surface area contributed by atoms with Crippen molar-refractivity contribution in [3.63, 3.8) is 0 Å². The molecule has 6 rings (SSSR count). The van der Waals surface area contributed by atoms with E-state index in [-0.39, 0.29) is 23.2 Å². The van der Waals surface area contributed by atoms with E-state index in [1.165, 1.54) is 40.5 Å². The van der Waals surface area contributed by atoms with Gasteiger partial charge in [-0.3, -0.25) is 19.8 Å². The van der Waals surface area contributed by atoms with Crippen molar-refractivity contribution in [3.8, 4) is 17.5 Å². The van der Waals surface area contributed by atoms with Gasteiger partial charge in [-0.05, 0) is 29.8 Å². The summed E-state index contributed by atoms with van der Waals surface area (Å²) in [5.74, 6) is 0.887. The fraction of sp³-hybridized carbons (Fsp3) is 0.208.